The van der Waals surface area contributed by atoms with E-state index in [1.807, 2.05) is 18.2 Å². The predicted molar refractivity (Wildman–Crippen MR) is 215 cm³/mol. The molecule has 0 unspecified atom stereocenters. The van der Waals surface area contributed by atoms with Gasteiger partial charge in [-0.25, -0.2) is 14.8 Å². The first-order chi connectivity index (χ1) is 28.2. The van der Waals surface area contributed by atoms with Crippen molar-refractivity contribution in [1.82, 2.24) is 39.8 Å². The highest BCUT2D eigenvalue weighted by Crippen LogP contribution is 2.35. The first-order valence-corrected chi connectivity index (χ1v) is 19.2. The number of aromatic nitrogens is 6. The van der Waals surface area contributed by atoms with E-state index in [4.69, 9.17) is 21.6 Å². The second-order valence-electron chi connectivity index (χ2n) is 15.4. The third-order valence-electron chi connectivity index (χ3n) is 9.36. The van der Waals surface area contributed by atoms with Crippen LogP contribution in [-0.2, 0) is 23.9 Å². The molecule has 4 aliphatic rings. The van der Waals surface area contributed by atoms with Crippen molar-refractivity contribution in [2.24, 2.45) is 0 Å². The Labute approximate surface area is 341 Å². The zero-order valence-electron chi connectivity index (χ0n) is 32.1. The van der Waals surface area contributed by atoms with E-state index in [0.717, 1.165) is 37.2 Å². The molecule has 0 bridgehead atoms. The Hall–Kier alpha value is -7.13. The molecule has 18 nitrogen and oxygen atoms in total. The number of ether oxygens (including phenoxy) is 1. The van der Waals surface area contributed by atoms with Crippen molar-refractivity contribution in [2.75, 3.05) is 15.5 Å². The minimum absolute atomic E-state index is 0.00393. The second-order valence-corrected chi connectivity index (χ2v) is 15.8. The standard InChI is InChI=1S/C21H17N7O2.C19H20ClN5O4/c22-10-12-1-3-15(4-2-12)24-17-9-18(25-16-5-6-16)28-20(26-17)14(11-23-28)7-13-8-19(29)27-21(13)30;1-19(2,3)29-18(28)24(12-4-5-12)15-8-13(20)22-16-11(9-21-25(15)16)6-10-7-14(26)23-17(10)27/h1-4,7,9,11,16,25H,5-6,8H2,(H,24,26)(H,27,29,30);6,8-9,12H,4-5,7H2,1-3H3,(H,23,26,27)/b13-7+;10-6+. The van der Waals surface area contributed by atoms with Gasteiger partial charge < -0.3 is 15.4 Å². The number of nitrogens with one attached hydrogen (secondary N) is 4. The fourth-order valence-electron chi connectivity index (χ4n) is 6.36. The SMILES string of the molecule is CC(C)(C)OC(=O)N(c1cc(Cl)nc2c(/C=C3\CC(=O)NC3=O)cnn12)C1CC1.N#Cc1ccc(Nc2cc(NC3CC3)n3ncc(/C=C4\CC(=O)NC4=O)c3n2)cc1. The summed E-state index contributed by atoms with van der Waals surface area (Å²) >= 11 is 6.24. The molecule has 6 heterocycles. The van der Waals surface area contributed by atoms with E-state index < -0.39 is 17.6 Å². The highest BCUT2D eigenvalue weighted by molar-refractivity contribution is 6.30. The van der Waals surface area contributed by atoms with E-state index in [-0.39, 0.29) is 41.8 Å². The molecule has 0 atom stereocenters. The molecule has 19 heteroatoms. The van der Waals surface area contributed by atoms with Crippen molar-refractivity contribution in [3.8, 4) is 6.07 Å². The van der Waals surface area contributed by atoms with E-state index in [1.165, 1.54) is 10.7 Å². The molecule has 4 aromatic heterocycles. The van der Waals surface area contributed by atoms with E-state index in [0.29, 0.717) is 56.8 Å². The fraction of sp³-hybridized carbons (Fsp3) is 0.300. The van der Waals surface area contributed by atoms with Crippen molar-refractivity contribution in [3.63, 3.8) is 0 Å². The van der Waals surface area contributed by atoms with Gasteiger partial charge in [-0.3, -0.25) is 34.7 Å². The van der Waals surface area contributed by atoms with Crippen LogP contribution in [0.3, 0.4) is 0 Å². The van der Waals surface area contributed by atoms with Crippen molar-refractivity contribution in [3.05, 3.63) is 81.8 Å². The molecule has 9 rings (SSSR count). The summed E-state index contributed by atoms with van der Waals surface area (Å²) in [6.45, 7) is 5.41. The molecule has 1 aromatic carbocycles. The zero-order valence-corrected chi connectivity index (χ0v) is 32.8. The highest BCUT2D eigenvalue weighted by atomic mass is 35.5. The number of amides is 5. The van der Waals surface area contributed by atoms with Crippen LogP contribution in [0.25, 0.3) is 23.4 Å². The van der Waals surface area contributed by atoms with Crippen molar-refractivity contribution < 1.29 is 28.7 Å². The average molecular weight is 817 g/mol. The van der Waals surface area contributed by atoms with Gasteiger partial charge in [0.05, 0.1) is 36.9 Å². The maximum Gasteiger partial charge on any atom is 0.416 e. The Morgan fingerprint density at radius 2 is 1.49 bits per heavy atom. The summed E-state index contributed by atoms with van der Waals surface area (Å²) in [6, 6.07) is 13.0. The van der Waals surface area contributed by atoms with Crippen LogP contribution >= 0.6 is 11.6 Å². The van der Waals surface area contributed by atoms with Gasteiger partial charge in [-0.1, -0.05) is 11.6 Å². The van der Waals surface area contributed by atoms with Gasteiger partial charge in [0.2, 0.25) is 11.8 Å². The summed E-state index contributed by atoms with van der Waals surface area (Å²) in [5.74, 6) is 0.336. The lowest BCUT2D eigenvalue weighted by atomic mass is 10.1. The zero-order chi connectivity index (χ0) is 41.6. The molecule has 4 fully saturated rings. The van der Waals surface area contributed by atoms with Gasteiger partial charge in [-0.2, -0.15) is 24.5 Å². The molecule has 59 heavy (non-hydrogen) atoms. The van der Waals surface area contributed by atoms with Crippen LogP contribution in [0, 0.1) is 11.3 Å². The van der Waals surface area contributed by atoms with Gasteiger partial charge in [0, 0.05) is 52.2 Å². The van der Waals surface area contributed by atoms with E-state index in [2.05, 4.69) is 47.5 Å². The van der Waals surface area contributed by atoms with E-state index in [9.17, 15) is 24.0 Å². The smallest absolute Gasteiger partial charge is 0.416 e. The van der Waals surface area contributed by atoms with Crippen LogP contribution in [0.2, 0.25) is 5.15 Å². The van der Waals surface area contributed by atoms with Crippen molar-refractivity contribution in [2.45, 2.75) is 77.0 Å². The largest absolute Gasteiger partial charge is 0.443 e. The number of anilines is 4. The van der Waals surface area contributed by atoms with Crippen LogP contribution in [0.15, 0.2) is 59.9 Å². The number of imide groups is 2. The summed E-state index contributed by atoms with van der Waals surface area (Å²) in [5.41, 5.74) is 3.54. The number of hydrogen-bond acceptors (Lipinski definition) is 13. The van der Waals surface area contributed by atoms with E-state index >= 15 is 0 Å². The Morgan fingerprint density at radius 1 is 0.898 bits per heavy atom. The molecular formula is C40H37ClN12O6. The molecule has 5 aromatic rings. The van der Waals surface area contributed by atoms with Crippen molar-refractivity contribution in [1.29, 1.82) is 5.26 Å². The third-order valence-corrected chi connectivity index (χ3v) is 9.56. The van der Waals surface area contributed by atoms with Crippen LogP contribution in [0.4, 0.5) is 27.9 Å². The van der Waals surface area contributed by atoms with Gasteiger partial charge >= 0.3 is 6.09 Å². The number of fused-ring (bicyclic) bond motifs is 2. The first-order valence-electron chi connectivity index (χ1n) is 18.8. The Bertz CT molecular complexity index is 2680. The number of carbonyl (C=O) groups excluding carboxylic acids is 5. The molecule has 2 aliphatic carbocycles. The van der Waals surface area contributed by atoms with Gasteiger partial charge in [0.15, 0.2) is 11.3 Å². The summed E-state index contributed by atoms with van der Waals surface area (Å²) in [6.07, 6.45) is 9.82. The lowest BCUT2D eigenvalue weighted by Gasteiger charge is -2.27. The molecule has 300 valence electrons. The van der Waals surface area contributed by atoms with Gasteiger partial charge in [0.25, 0.3) is 11.8 Å². The number of nitrogens with zero attached hydrogens (tertiary/aromatic N) is 8. The third kappa shape index (κ3) is 8.74. The lowest BCUT2D eigenvalue weighted by molar-refractivity contribution is -0.125. The maximum atomic E-state index is 12.9. The highest BCUT2D eigenvalue weighted by Gasteiger charge is 2.38. The molecule has 0 radical (unpaired) electrons. The fourth-order valence-corrected chi connectivity index (χ4v) is 6.54. The summed E-state index contributed by atoms with van der Waals surface area (Å²) < 4.78 is 8.76. The number of carbonyl (C=O) groups is 5. The molecule has 2 saturated carbocycles. The second kappa shape index (κ2) is 15.3. The molecule has 4 N–H and O–H groups in total. The van der Waals surface area contributed by atoms with E-state index in [1.54, 1.807) is 66.7 Å². The van der Waals surface area contributed by atoms with Crippen LogP contribution in [-0.4, -0.2) is 76.6 Å². The number of rotatable bonds is 8. The summed E-state index contributed by atoms with van der Waals surface area (Å²) in [7, 11) is 0. The monoisotopic (exact) mass is 816 g/mol. The van der Waals surface area contributed by atoms with Gasteiger partial charge in [-0.15, -0.1) is 0 Å². The Balaban J connectivity index is 0.000000164. The normalized spacial score (nSPS) is 17.8. The van der Waals surface area contributed by atoms with Gasteiger partial charge in [-0.05, 0) is 82.9 Å². The predicted octanol–water partition coefficient (Wildman–Crippen LogP) is 5.07. The maximum absolute atomic E-state index is 12.9. The lowest BCUT2D eigenvalue weighted by Crippen LogP contribution is -2.39. The van der Waals surface area contributed by atoms with Gasteiger partial charge in [0.1, 0.15) is 28.2 Å². The van der Waals surface area contributed by atoms with Crippen LogP contribution < -0.4 is 26.2 Å². The summed E-state index contributed by atoms with van der Waals surface area (Å²) in [4.78, 5) is 70.1. The first kappa shape index (κ1) is 38.7. The molecular weight excluding hydrogens is 780 g/mol. The van der Waals surface area contributed by atoms with Crippen molar-refractivity contribution >= 4 is 87.9 Å². The molecule has 2 aliphatic heterocycles. The Kier molecular flexibility index (Phi) is 10.1. The Morgan fingerprint density at radius 3 is 2.02 bits per heavy atom. The topological polar surface area (TPSA) is 230 Å². The number of benzene rings is 1. The minimum atomic E-state index is -0.651. The molecule has 5 amide bonds. The average Bonchev–Trinajstić information content (AvgIpc) is 4.04. The molecule has 2 saturated heterocycles. The number of nitriles is 1. The summed E-state index contributed by atoms with van der Waals surface area (Å²) in [5, 5.41) is 29.1. The number of halogens is 1. The van der Waals surface area contributed by atoms with Crippen LogP contribution in [0.1, 0.15) is 76.0 Å². The quantitative estimate of drug-likeness (QED) is 0.0913. The van der Waals surface area contributed by atoms with Crippen LogP contribution in [0.5, 0.6) is 0 Å². The minimum Gasteiger partial charge on any atom is -0.443 e. The number of hydrogen-bond donors (Lipinski definition) is 4. The molecule has 0 spiro atoms.